The van der Waals surface area contributed by atoms with Crippen molar-refractivity contribution in [1.29, 1.82) is 0 Å². The van der Waals surface area contributed by atoms with Gasteiger partial charge in [0.25, 0.3) is 15.8 Å². The van der Waals surface area contributed by atoms with E-state index in [4.69, 9.17) is 4.55 Å². The molecule has 0 saturated heterocycles. The second kappa shape index (κ2) is 6.63. The Bertz CT molecular complexity index is 1210. The number of hydrogen-bond donors (Lipinski definition) is 3. The Morgan fingerprint density at radius 1 is 1.00 bits per heavy atom. The molecule has 11 heteroatoms. The molecule has 0 spiro atoms. The third-order valence-electron chi connectivity index (χ3n) is 3.67. The quantitative estimate of drug-likeness (QED) is 0.264. The van der Waals surface area contributed by atoms with Crippen molar-refractivity contribution in [2.24, 2.45) is 10.2 Å². The van der Waals surface area contributed by atoms with Crippen LogP contribution in [0.3, 0.4) is 0 Å². The minimum Gasteiger partial charge on any atom is -0.506 e. The first kappa shape index (κ1) is 18.2. The van der Waals surface area contributed by atoms with E-state index < -0.39 is 37.1 Å². The molecule has 0 aliphatic heterocycles. The summed E-state index contributed by atoms with van der Waals surface area (Å²) in [6.07, 6.45) is 0. The van der Waals surface area contributed by atoms with E-state index in [2.05, 4.69) is 10.2 Å². The Morgan fingerprint density at radius 3 is 2.37 bits per heavy atom. The average Bonchev–Trinajstić information content (AvgIpc) is 2.60. The number of nitro benzene ring substituents is 1. The Morgan fingerprint density at radius 2 is 1.70 bits per heavy atom. The Labute approximate surface area is 151 Å². The number of nitro groups is 1. The third-order valence-corrected chi connectivity index (χ3v) is 4.53. The van der Waals surface area contributed by atoms with Crippen LogP contribution in [0.1, 0.15) is 0 Å². The van der Waals surface area contributed by atoms with E-state index in [0.717, 1.165) is 11.5 Å². The largest absolute Gasteiger partial charge is 0.506 e. The highest BCUT2D eigenvalue weighted by molar-refractivity contribution is 7.86. The van der Waals surface area contributed by atoms with Gasteiger partial charge in [-0.2, -0.15) is 8.42 Å². The lowest BCUT2D eigenvalue weighted by Crippen LogP contribution is -2.00. The van der Waals surface area contributed by atoms with Crippen LogP contribution in [-0.2, 0) is 10.1 Å². The van der Waals surface area contributed by atoms with Gasteiger partial charge in [-0.05, 0) is 11.5 Å². The van der Waals surface area contributed by atoms with Crippen LogP contribution >= 0.6 is 0 Å². The third kappa shape index (κ3) is 3.54. The maximum Gasteiger partial charge on any atom is 0.298 e. The number of phenols is 2. The molecule has 138 valence electrons. The van der Waals surface area contributed by atoms with Gasteiger partial charge in [0.15, 0.2) is 5.75 Å². The molecule has 0 unspecified atom stereocenters. The normalized spacial score (nSPS) is 11.9. The molecule has 3 rings (SSSR count). The van der Waals surface area contributed by atoms with Gasteiger partial charge in [0.1, 0.15) is 22.0 Å². The summed E-state index contributed by atoms with van der Waals surface area (Å²) in [5, 5.41) is 39.7. The van der Waals surface area contributed by atoms with Crippen molar-refractivity contribution in [1.82, 2.24) is 0 Å². The fourth-order valence-electron chi connectivity index (χ4n) is 2.41. The Balaban J connectivity index is 2.20. The van der Waals surface area contributed by atoms with Gasteiger partial charge >= 0.3 is 0 Å². The highest BCUT2D eigenvalue weighted by Gasteiger charge is 2.24. The van der Waals surface area contributed by atoms with E-state index >= 15 is 0 Å². The second-order valence-corrected chi connectivity index (χ2v) is 6.79. The van der Waals surface area contributed by atoms with E-state index in [1.54, 1.807) is 30.3 Å². The molecule has 0 radical (unpaired) electrons. The number of benzene rings is 3. The Hall–Kier alpha value is -3.57. The van der Waals surface area contributed by atoms with E-state index in [9.17, 15) is 28.7 Å². The van der Waals surface area contributed by atoms with E-state index in [-0.39, 0.29) is 11.4 Å². The van der Waals surface area contributed by atoms with Gasteiger partial charge in [-0.3, -0.25) is 14.7 Å². The lowest BCUT2D eigenvalue weighted by atomic mass is 10.1. The molecule has 27 heavy (non-hydrogen) atoms. The standard InChI is InChI=1S/C16H11N3O7S/c20-13-6-5-9-3-1-2-4-11(9)15(13)18-17-12-7-10(19(22)23)8-14(16(12)21)27(24,25)26/h1-8,20-21H,(H,24,25,26). The lowest BCUT2D eigenvalue weighted by Gasteiger charge is -2.06. The smallest absolute Gasteiger partial charge is 0.298 e. The number of phenolic OH excluding ortho intramolecular Hbond substituents is 2. The van der Waals surface area contributed by atoms with Crippen LogP contribution in [-0.4, -0.2) is 28.1 Å². The molecule has 0 heterocycles. The first-order chi connectivity index (χ1) is 12.7. The molecule has 0 fully saturated rings. The fourth-order valence-corrected chi connectivity index (χ4v) is 3.03. The zero-order chi connectivity index (χ0) is 19.8. The number of azo groups is 1. The summed E-state index contributed by atoms with van der Waals surface area (Å²) in [5.41, 5.74) is -1.27. The van der Waals surface area contributed by atoms with Crippen LogP contribution in [0, 0.1) is 10.1 Å². The summed E-state index contributed by atoms with van der Waals surface area (Å²) in [6, 6.07) is 11.2. The van der Waals surface area contributed by atoms with Gasteiger partial charge in [0, 0.05) is 17.5 Å². The molecular formula is C16H11N3O7S. The molecule has 0 saturated carbocycles. The van der Waals surface area contributed by atoms with E-state index in [0.29, 0.717) is 11.5 Å². The van der Waals surface area contributed by atoms with Crippen molar-refractivity contribution < 1.29 is 28.1 Å². The minimum atomic E-state index is -4.94. The zero-order valence-corrected chi connectivity index (χ0v) is 14.2. The first-order valence-electron chi connectivity index (χ1n) is 7.30. The Kier molecular flexibility index (Phi) is 4.47. The average molecular weight is 389 g/mol. The summed E-state index contributed by atoms with van der Waals surface area (Å²) in [4.78, 5) is 8.99. The van der Waals surface area contributed by atoms with Gasteiger partial charge < -0.3 is 10.2 Å². The molecule has 0 atom stereocenters. The maximum absolute atomic E-state index is 11.3. The first-order valence-corrected chi connectivity index (χ1v) is 8.74. The predicted molar refractivity (Wildman–Crippen MR) is 94.4 cm³/mol. The van der Waals surface area contributed by atoms with Crippen LogP contribution in [0.4, 0.5) is 17.1 Å². The highest BCUT2D eigenvalue weighted by atomic mass is 32.2. The number of aromatic hydroxyl groups is 2. The monoisotopic (exact) mass is 389 g/mol. The van der Waals surface area contributed by atoms with Gasteiger partial charge in [-0.1, -0.05) is 30.3 Å². The highest BCUT2D eigenvalue weighted by Crippen LogP contribution is 2.40. The lowest BCUT2D eigenvalue weighted by molar-refractivity contribution is -0.385. The molecule has 0 aliphatic carbocycles. The van der Waals surface area contributed by atoms with Gasteiger partial charge in [-0.25, -0.2) is 0 Å². The number of fused-ring (bicyclic) bond motifs is 1. The van der Waals surface area contributed by atoms with Crippen LogP contribution < -0.4 is 0 Å². The van der Waals surface area contributed by atoms with Crippen molar-refractivity contribution in [3.05, 3.63) is 58.6 Å². The summed E-state index contributed by atoms with van der Waals surface area (Å²) < 4.78 is 31.8. The van der Waals surface area contributed by atoms with Gasteiger partial charge in [0.05, 0.1) is 4.92 Å². The summed E-state index contributed by atoms with van der Waals surface area (Å²) in [7, 11) is -4.94. The number of non-ortho nitro benzene ring substituents is 1. The molecular weight excluding hydrogens is 378 g/mol. The number of hydrogen-bond acceptors (Lipinski definition) is 8. The van der Waals surface area contributed by atoms with Crippen LogP contribution in [0.2, 0.25) is 0 Å². The van der Waals surface area contributed by atoms with Crippen molar-refractivity contribution >= 4 is 38.0 Å². The van der Waals surface area contributed by atoms with E-state index in [1.165, 1.54) is 6.07 Å². The number of rotatable bonds is 4. The summed E-state index contributed by atoms with van der Waals surface area (Å²) >= 11 is 0. The van der Waals surface area contributed by atoms with Crippen LogP contribution in [0.25, 0.3) is 10.8 Å². The molecule has 0 aliphatic rings. The topological polar surface area (TPSA) is 163 Å². The predicted octanol–water partition coefficient (Wildman–Crippen LogP) is 3.82. The molecule has 3 aromatic carbocycles. The van der Waals surface area contributed by atoms with Crippen molar-refractivity contribution in [3.63, 3.8) is 0 Å². The molecule has 3 aromatic rings. The summed E-state index contributed by atoms with van der Waals surface area (Å²) in [5.74, 6) is -1.25. The van der Waals surface area contributed by atoms with Crippen molar-refractivity contribution in [2.75, 3.05) is 0 Å². The van der Waals surface area contributed by atoms with E-state index in [1.807, 2.05) is 0 Å². The van der Waals surface area contributed by atoms with Gasteiger partial charge in [-0.15, -0.1) is 10.2 Å². The zero-order valence-electron chi connectivity index (χ0n) is 13.3. The molecule has 0 aromatic heterocycles. The minimum absolute atomic E-state index is 0.0208. The van der Waals surface area contributed by atoms with Gasteiger partial charge in [0.2, 0.25) is 0 Å². The maximum atomic E-state index is 11.3. The summed E-state index contributed by atoms with van der Waals surface area (Å²) in [6.45, 7) is 0. The fraction of sp³-hybridized carbons (Fsp3) is 0. The molecule has 10 nitrogen and oxygen atoms in total. The molecule has 0 amide bonds. The van der Waals surface area contributed by atoms with Crippen LogP contribution in [0.5, 0.6) is 11.5 Å². The second-order valence-electron chi connectivity index (χ2n) is 5.40. The number of nitrogens with zero attached hydrogens (tertiary/aromatic N) is 3. The van der Waals surface area contributed by atoms with Crippen molar-refractivity contribution in [2.45, 2.75) is 4.90 Å². The van der Waals surface area contributed by atoms with Crippen molar-refractivity contribution in [3.8, 4) is 11.5 Å². The molecule has 0 bridgehead atoms. The SMILES string of the molecule is O=[N+]([O-])c1cc(N=Nc2c(O)ccc3ccccc23)c(O)c(S(=O)(=O)O)c1. The molecule has 3 N–H and O–H groups in total. The van der Waals surface area contributed by atoms with Crippen LogP contribution in [0.15, 0.2) is 63.7 Å².